The van der Waals surface area contributed by atoms with Crippen LogP contribution >= 0.6 is 11.6 Å². The molecule has 1 aliphatic heterocycles. The van der Waals surface area contributed by atoms with E-state index in [1.165, 1.54) is 32.5 Å². The monoisotopic (exact) mass is 449 g/mol. The van der Waals surface area contributed by atoms with E-state index in [1.807, 2.05) is 42.6 Å². The molecule has 2 heterocycles. The Kier molecular flexibility index (Phi) is 7.80. The molecule has 0 atom stereocenters. The van der Waals surface area contributed by atoms with Gasteiger partial charge in [0.25, 0.3) is 0 Å². The van der Waals surface area contributed by atoms with E-state index >= 15 is 0 Å². The minimum absolute atomic E-state index is 0.728. The average molecular weight is 450 g/mol. The molecule has 0 radical (unpaired) electrons. The lowest BCUT2D eigenvalue weighted by Crippen LogP contribution is -2.39. The van der Waals surface area contributed by atoms with Gasteiger partial charge in [0.05, 0.1) is 5.69 Å². The number of pyridine rings is 1. The van der Waals surface area contributed by atoms with Gasteiger partial charge in [-0.1, -0.05) is 29.8 Å². The van der Waals surface area contributed by atoms with Crippen molar-refractivity contribution in [3.05, 3.63) is 71.9 Å². The zero-order chi connectivity index (χ0) is 22.3. The minimum Gasteiger partial charge on any atom is -0.492 e. The molecule has 0 spiro atoms. The number of hydrogen-bond acceptors (Lipinski definition) is 4. The highest BCUT2D eigenvalue weighted by atomic mass is 35.5. The quantitative estimate of drug-likeness (QED) is 0.439. The van der Waals surface area contributed by atoms with Crippen molar-refractivity contribution in [2.75, 3.05) is 46.9 Å². The third-order valence-corrected chi connectivity index (χ3v) is 6.35. The second kappa shape index (κ2) is 11.0. The molecule has 1 aromatic heterocycles. The first-order valence-corrected chi connectivity index (χ1v) is 11.8. The number of nitrogens with zero attached hydrogens (tertiary/aromatic N) is 3. The summed E-state index contributed by atoms with van der Waals surface area (Å²) >= 11 is 5.98. The van der Waals surface area contributed by atoms with Gasteiger partial charge in [0.1, 0.15) is 12.4 Å². The largest absolute Gasteiger partial charge is 0.492 e. The third-order valence-electron chi connectivity index (χ3n) is 6.10. The molecular formula is C27H32ClN3O. The Morgan fingerprint density at radius 3 is 2.19 bits per heavy atom. The number of likely N-dealkylation sites (tertiary alicyclic amines) is 1. The molecule has 3 aromatic rings. The Labute approximate surface area is 196 Å². The van der Waals surface area contributed by atoms with E-state index in [4.69, 9.17) is 16.3 Å². The molecule has 1 saturated heterocycles. The molecule has 0 saturated carbocycles. The highest BCUT2D eigenvalue weighted by molar-refractivity contribution is 6.30. The van der Waals surface area contributed by atoms with Crippen LogP contribution in [-0.2, 0) is 0 Å². The van der Waals surface area contributed by atoms with Crippen LogP contribution in [0.15, 0.2) is 66.9 Å². The maximum Gasteiger partial charge on any atom is 0.119 e. The van der Waals surface area contributed by atoms with Crippen molar-refractivity contribution in [2.24, 2.45) is 5.92 Å². The Morgan fingerprint density at radius 2 is 1.56 bits per heavy atom. The van der Waals surface area contributed by atoms with Crippen molar-refractivity contribution in [1.82, 2.24) is 14.8 Å². The van der Waals surface area contributed by atoms with Gasteiger partial charge < -0.3 is 9.64 Å². The lowest BCUT2D eigenvalue weighted by Gasteiger charge is -2.33. The van der Waals surface area contributed by atoms with Crippen LogP contribution in [0.3, 0.4) is 0 Å². The Bertz CT molecular complexity index is 963. The normalized spacial score (nSPS) is 15.2. The molecular weight excluding hydrogens is 418 g/mol. The SMILES string of the molecule is CN(C)CC1CCN(CCOc2ccc(-c3ccc(-c4ccc(Cl)cc4)cn3)cc2)CC1. The number of piperidine rings is 1. The van der Waals surface area contributed by atoms with Crippen LogP contribution in [0, 0.1) is 5.92 Å². The summed E-state index contributed by atoms with van der Waals surface area (Å²) in [6.07, 6.45) is 4.48. The molecule has 0 amide bonds. The lowest BCUT2D eigenvalue weighted by molar-refractivity contribution is 0.141. The number of ether oxygens (including phenoxy) is 1. The molecule has 168 valence electrons. The summed E-state index contributed by atoms with van der Waals surface area (Å²) in [6, 6.07) is 20.2. The maximum absolute atomic E-state index is 6.00. The summed E-state index contributed by atoms with van der Waals surface area (Å²) in [4.78, 5) is 9.46. The van der Waals surface area contributed by atoms with E-state index in [2.05, 4.69) is 53.1 Å². The first-order valence-electron chi connectivity index (χ1n) is 11.4. The van der Waals surface area contributed by atoms with Gasteiger partial charge in [-0.25, -0.2) is 0 Å². The molecule has 4 nitrogen and oxygen atoms in total. The van der Waals surface area contributed by atoms with Crippen molar-refractivity contribution >= 4 is 11.6 Å². The molecule has 0 aliphatic carbocycles. The first-order chi connectivity index (χ1) is 15.6. The number of halogens is 1. The Balaban J connectivity index is 1.25. The van der Waals surface area contributed by atoms with Crippen LogP contribution in [0.4, 0.5) is 0 Å². The molecule has 1 fully saturated rings. The van der Waals surface area contributed by atoms with Gasteiger partial charge in [-0.3, -0.25) is 9.88 Å². The van der Waals surface area contributed by atoms with Gasteiger partial charge in [-0.05, 0) is 94.0 Å². The maximum atomic E-state index is 6.00. The number of aromatic nitrogens is 1. The van der Waals surface area contributed by atoms with Crippen LogP contribution in [0.5, 0.6) is 5.75 Å². The van der Waals surface area contributed by atoms with Crippen molar-refractivity contribution in [1.29, 1.82) is 0 Å². The van der Waals surface area contributed by atoms with E-state index in [0.29, 0.717) is 0 Å². The highest BCUT2D eigenvalue weighted by Crippen LogP contribution is 2.25. The van der Waals surface area contributed by atoms with Crippen LogP contribution in [-0.4, -0.2) is 61.7 Å². The fourth-order valence-corrected chi connectivity index (χ4v) is 4.43. The first kappa shape index (κ1) is 22.8. The number of hydrogen-bond donors (Lipinski definition) is 0. The third kappa shape index (κ3) is 6.32. The topological polar surface area (TPSA) is 28.6 Å². The van der Waals surface area contributed by atoms with Gasteiger partial charge in [0.15, 0.2) is 0 Å². The molecule has 0 unspecified atom stereocenters. The molecule has 4 rings (SSSR count). The van der Waals surface area contributed by atoms with Crippen molar-refractivity contribution in [3.8, 4) is 28.1 Å². The molecule has 1 aliphatic rings. The summed E-state index contributed by atoms with van der Waals surface area (Å²) in [6.45, 7) is 5.28. The zero-order valence-electron chi connectivity index (χ0n) is 19.0. The van der Waals surface area contributed by atoms with E-state index in [1.54, 1.807) is 0 Å². The van der Waals surface area contributed by atoms with Crippen LogP contribution in [0.1, 0.15) is 12.8 Å². The number of rotatable bonds is 8. The van der Waals surface area contributed by atoms with Crippen LogP contribution < -0.4 is 4.74 Å². The predicted molar refractivity (Wildman–Crippen MR) is 133 cm³/mol. The van der Waals surface area contributed by atoms with E-state index in [0.717, 1.165) is 52.2 Å². The Morgan fingerprint density at radius 1 is 0.906 bits per heavy atom. The van der Waals surface area contributed by atoms with Gasteiger partial charge in [-0.15, -0.1) is 0 Å². The molecule has 2 aromatic carbocycles. The van der Waals surface area contributed by atoms with Crippen LogP contribution in [0.25, 0.3) is 22.4 Å². The van der Waals surface area contributed by atoms with E-state index in [-0.39, 0.29) is 0 Å². The van der Waals surface area contributed by atoms with Crippen molar-refractivity contribution in [3.63, 3.8) is 0 Å². The van der Waals surface area contributed by atoms with E-state index < -0.39 is 0 Å². The van der Waals surface area contributed by atoms with Crippen molar-refractivity contribution in [2.45, 2.75) is 12.8 Å². The second-order valence-corrected chi connectivity index (χ2v) is 9.30. The molecule has 5 heteroatoms. The molecule has 0 bridgehead atoms. The summed E-state index contributed by atoms with van der Waals surface area (Å²) in [7, 11) is 4.33. The Hall–Kier alpha value is -2.40. The van der Waals surface area contributed by atoms with Gasteiger partial charge in [0.2, 0.25) is 0 Å². The summed E-state index contributed by atoms with van der Waals surface area (Å²) < 4.78 is 6.00. The van der Waals surface area contributed by atoms with Gasteiger partial charge in [0, 0.05) is 35.4 Å². The van der Waals surface area contributed by atoms with Gasteiger partial charge >= 0.3 is 0 Å². The minimum atomic E-state index is 0.728. The molecule has 32 heavy (non-hydrogen) atoms. The smallest absolute Gasteiger partial charge is 0.119 e. The average Bonchev–Trinajstić information content (AvgIpc) is 2.81. The van der Waals surface area contributed by atoms with E-state index in [9.17, 15) is 0 Å². The summed E-state index contributed by atoms with van der Waals surface area (Å²) in [5.74, 6) is 1.75. The van der Waals surface area contributed by atoms with Crippen molar-refractivity contribution < 1.29 is 4.74 Å². The van der Waals surface area contributed by atoms with Gasteiger partial charge in [-0.2, -0.15) is 0 Å². The predicted octanol–water partition coefficient (Wildman–Crippen LogP) is 5.72. The molecule has 0 N–H and O–H groups in total. The summed E-state index contributed by atoms with van der Waals surface area (Å²) in [5.41, 5.74) is 4.23. The summed E-state index contributed by atoms with van der Waals surface area (Å²) in [5, 5.41) is 0.741. The highest BCUT2D eigenvalue weighted by Gasteiger charge is 2.19. The zero-order valence-corrected chi connectivity index (χ0v) is 19.8. The number of benzene rings is 2. The van der Waals surface area contributed by atoms with Crippen LogP contribution in [0.2, 0.25) is 5.02 Å². The fraction of sp³-hybridized carbons (Fsp3) is 0.370. The standard InChI is InChI=1S/C27H32ClN3O/c1-30(2)20-21-13-15-31(16-14-21)17-18-32-26-10-5-23(6-11-26)27-12-7-24(19-29-27)22-3-8-25(28)9-4-22/h3-12,19,21H,13-18,20H2,1-2H3. The lowest BCUT2D eigenvalue weighted by atomic mass is 9.96. The second-order valence-electron chi connectivity index (χ2n) is 8.86. The fourth-order valence-electron chi connectivity index (χ4n) is 4.30.